The maximum atomic E-state index is 4.87. The smallest absolute Gasteiger partial charge is 0.107 e. The van der Waals surface area contributed by atoms with Gasteiger partial charge in [0.15, 0.2) is 0 Å². The molecule has 0 saturated heterocycles. The van der Waals surface area contributed by atoms with E-state index in [1.165, 1.54) is 100 Å². The molecule has 8 fully saturated rings. The van der Waals surface area contributed by atoms with E-state index in [-0.39, 0.29) is 0 Å². The fourth-order valence-corrected chi connectivity index (χ4v) is 10.6. The van der Waals surface area contributed by atoms with Gasteiger partial charge in [0.1, 0.15) is 11.7 Å². The van der Waals surface area contributed by atoms with E-state index in [1.54, 1.807) is 0 Å². The maximum absolute atomic E-state index is 4.87. The minimum Gasteiger partial charge on any atom is -0.344 e. The number of benzene rings is 1. The van der Waals surface area contributed by atoms with Crippen LogP contribution in [0.5, 0.6) is 0 Å². The van der Waals surface area contributed by atoms with Gasteiger partial charge in [0.25, 0.3) is 0 Å². The molecule has 8 saturated carbocycles. The Morgan fingerprint density at radius 3 is 1.24 bits per heavy atom. The summed E-state index contributed by atoms with van der Waals surface area (Å²) in [6.45, 7) is 0. The Balaban J connectivity index is 1.10. The number of amidine groups is 2. The van der Waals surface area contributed by atoms with Crippen molar-refractivity contribution < 1.29 is 0 Å². The maximum Gasteiger partial charge on any atom is 0.107 e. The normalized spacial score (nSPS) is 44.5. The van der Waals surface area contributed by atoms with Gasteiger partial charge in [-0.05, 0) is 131 Å². The van der Waals surface area contributed by atoms with Gasteiger partial charge in [0.2, 0.25) is 0 Å². The van der Waals surface area contributed by atoms with Crippen molar-refractivity contribution in [3.05, 3.63) is 24.3 Å². The van der Waals surface area contributed by atoms with E-state index >= 15 is 0 Å². The van der Waals surface area contributed by atoms with Gasteiger partial charge >= 0.3 is 0 Å². The molecule has 0 aromatic heterocycles. The fourth-order valence-electron chi connectivity index (χ4n) is 10.6. The molecule has 1 aromatic carbocycles. The Kier molecular flexibility index (Phi) is 4.94. The highest BCUT2D eigenvalue weighted by Gasteiger charge is 2.54. The van der Waals surface area contributed by atoms with Crippen molar-refractivity contribution in [3.63, 3.8) is 0 Å². The zero-order chi connectivity index (χ0) is 22.9. The molecule has 0 spiro atoms. The molecule has 0 unspecified atom stereocenters. The molecule has 34 heavy (non-hydrogen) atoms. The second-order valence-electron chi connectivity index (χ2n) is 13.4. The van der Waals surface area contributed by atoms with E-state index < -0.39 is 0 Å². The van der Waals surface area contributed by atoms with Crippen LogP contribution in [0.4, 0.5) is 11.4 Å². The SMILES string of the molecule is CN=C(Nc1cccc(NC(=NC)C23CC4CC(CC(C4)C2)C3)c1)C12CC3CC(CC(C3)C1)C2. The molecule has 8 aliphatic carbocycles. The number of hydrogen-bond donors (Lipinski definition) is 2. The van der Waals surface area contributed by atoms with Gasteiger partial charge in [-0.2, -0.15) is 0 Å². The van der Waals surface area contributed by atoms with Crippen LogP contribution in [0.3, 0.4) is 0 Å². The second-order valence-corrected chi connectivity index (χ2v) is 13.4. The molecule has 0 radical (unpaired) electrons. The van der Waals surface area contributed by atoms with Crippen LogP contribution >= 0.6 is 0 Å². The highest BCUT2D eigenvalue weighted by molar-refractivity contribution is 6.02. The quantitative estimate of drug-likeness (QED) is 0.377. The predicted molar refractivity (Wildman–Crippen MR) is 142 cm³/mol. The minimum absolute atomic E-state index is 0.294. The summed E-state index contributed by atoms with van der Waals surface area (Å²) in [4.78, 5) is 9.74. The van der Waals surface area contributed by atoms with Crippen LogP contribution in [0, 0.1) is 46.3 Å². The molecule has 2 N–H and O–H groups in total. The van der Waals surface area contributed by atoms with Crippen molar-refractivity contribution in [1.29, 1.82) is 0 Å². The summed E-state index contributed by atoms with van der Waals surface area (Å²) < 4.78 is 0. The van der Waals surface area contributed by atoms with Crippen LogP contribution in [0.25, 0.3) is 0 Å². The van der Waals surface area contributed by atoms with E-state index in [0.29, 0.717) is 10.8 Å². The van der Waals surface area contributed by atoms with Crippen LogP contribution in [0.1, 0.15) is 77.0 Å². The van der Waals surface area contributed by atoms with E-state index in [1.807, 2.05) is 14.1 Å². The van der Waals surface area contributed by atoms with Crippen LogP contribution in [0.15, 0.2) is 34.3 Å². The Morgan fingerprint density at radius 1 is 0.618 bits per heavy atom. The van der Waals surface area contributed by atoms with Gasteiger partial charge < -0.3 is 10.6 Å². The monoisotopic (exact) mass is 458 g/mol. The first-order valence-corrected chi connectivity index (χ1v) is 14.1. The van der Waals surface area contributed by atoms with Crippen LogP contribution < -0.4 is 10.6 Å². The summed E-state index contributed by atoms with van der Waals surface area (Å²) in [7, 11) is 4.00. The number of rotatable bonds is 4. The van der Waals surface area contributed by atoms with Gasteiger partial charge in [-0.3, -0.25) is 9.98 Å². The van der Waals surface area contributed by atoms with Crippen molar-refractivity contribution in [2.75, 3.05) is 24.7 Å². The van der Waals surface area contributed by atoms with Crippen molar-refractivity contribution in [2.24, 2.45) is 56.3 Å². The number of aliphatic imine (C=N–C) groups is 2. The third-order valence-electron chi connectivity index (χ3n) is 10.9. The summed E-state index contributed by atoms with van der Waals surface area (Å²) in [6.07, 6.45) is 16.9. The molecular weight excluding hydrogens is 416 g/mol. The summed E-state index contributed by atoms with van der Waals surface area (Å²) in [6, 6.07) is 8.90. The first-order valence-electron chi connectivity index (χ1n) is 14.1. The summed E-state index contributed by atoms with van der Waals surface area (Å²) >= 11 is 0. The minimum atomic E-state index is 0.294. The molecule has 1 aromatic rings. The molecule has 8 bridgehead atoms. The zero-order valence-electron chi connectivity index (χ0n) is 21.2. The highest BCUT2D eigenvalue weighted by atomic mass is 15.0. The average molecular weight is 459 g/mol. The van der Waals surface area contributed by atoms with Crippen molar-refractivity contribution in [3.8, 4) is 0 Å². The Hall–Kier alpha value is -1.84. The predicted octanol–water partition coefficient (Wildman–Crippen LogP) is 7.00. The highest BCUT2D eigenvalue weighted by Crippen LogP contribution is 2.61. The van der Waals surface area contributed by atoms with E-state index in [0.717, 1.165) is 35.5 Å². The van der Waals surface area contributed by atoms with E-state index in [4.69, 9.17) is 9.98 Å². The Labute approximate surface area is 205 Å². The molecule has 0 heterocycles. The molecule has 0 amide bonds. The molecule has 0 atom stereocenters. The van der Waals surface area contributed by atoms with Crippen molar-refractivity contribution in [1.82, 2.24) is 0 Å². The lowest BCUT2D eigenvalue weighted by Gasteiger charge is -2.57. The summed E-state index contributed by atoms with van der Waals surface area (Å²) in [5.74, 6) is 8.08. The fraction of sp³-hybridized carbons (Fsp3) is 0.733. The Bertz CT molecular complexity index is 873. The molecular formula is C30H42N4. The van der Waals surface area contributed by atoms with Crippen LogP contribution in [-0.4, -0.2) is 25.8 Å². The van der Waals surface area contributed by atoms with Gasteiger partial charge in [0, 0.05) is 36.3 Å². The molecule has 4 heteroatoms. The number of nitrogens with one attached hydrogen (secondary N) is 2. The molecule has 4 nitrogen and oxygen atoms in total. The van der Waals surface area contributed by atoms with Gasteiger partial charge in [-0.15, -0.1) is 0 Å². The summed E-state index contributed by atoms with van der Waals surface area (Å²) in [5.41, 5.74) is 2.93. The lowest BCUT2D eigenvalue weighted by molar-refractivity contribution is -0.0124. The average Bonchev–Trinajstić information content (AvgIpc) is 2.79. The first kappa shape index (κ1) is 21.4. The van der Waals surface area contributed by atoms with Gasteiger partial charge in [-0.25, -0.2) is 0 Å². The largest absolute Gasteiger partial charge is 0.344 e. The topological polar surface area (TPSA) is 48.8 Å². The number of nitrogens with zero attached hydrogens (tertiary/aromatic N) is 2. The second kappa shape index (κ2) is 7.83. The lowest BCUT2D eigenvalue weighted by atomic mass is 9.49. The first-order chi connectivity index (χ1) is 16.5. The molecule has 182 valence electrons. The molecule has 8 aliphatic rings. The van der Waals surface area contributed by atoms with Gasteiger partial charge in [0.05, 0.1) is 0 Å². The zero-order valence-corrected chi connectivity index (χ0v) is 21.2. The third-order valence-corrected chi connectivity index (χ3v) is 10.9. The van der Waals surface area contributed by atoms with E-state index in [2.05, 4.69) is 34.9 Å². The number of hydrogen-bond acceptors (Lipinski definition) is 2. The van der Waals surface area contributed by atoms with Crippen molar-refractivity contribution in [2.45, 2.75) is 77.0 Å². The van der Waals surface area contributed by atoms with E-state index in [9.17, 15) is 0 Å². The number of anilines is 2. The van der Waals surface area contributed by atoms with Gasteiger partial charge in [-0.1, -0.05) is 6.07 Å². The molecule has 9 rings (SSSR count). The third kappa shape index (κ3) is 3.45. The Morgan fingerprint density at radius 2 is 0.941 bits per heavy atom. The molecule has 0 aliphatic heterocycles. The lowest BCUT2D eigenvalue weighted by Crippen LogP contribution is -2.52. The van der Waals surface area contributed by atoms with Crippen molar-refractivity contribution >= 4 is 23.0 Å². The van der Waals surface area contributed by atoms with Crippen LogP contribution in [-0.2, 0) is 0 Å². The van der Waals surface area contributed by atoms with Crippen LogP contribution in [0.2, 0.25) is 0 Å². The summed E-state index contributed by atoms with van der Waals surface area (Å²) in [5, 5.41) is 7.65. The standard InChI is InChI=1S/C30H42N4/c1-31-27(29-13-19-6-20(14-29)8-21(7-19)15-29)33-25-4-3-5-26(12-25)34-28(32-2)30-16-22-9-23(17-30)11-24(10-22)18-30/h3-5,12,19-24H,6-11,13-18H2,1-2H3,(H,31,33)(H,32,34).